The van der Waals surface area contributed by atoms with Crippen LogP contribution in [0.4, 0.5) is 10.5 Å². The van der Waals surface area contributed by atoms with E-state index in [-0.39, 0.29) is 6.10 Å². The smallest absolute Gasteiger partial charge is 0.411 e. The number of ether oxygens (including phenoxy) is 2. The van der Waals surface area contributed by atoms with E-state index in [0.717, 1.165) is 60.4 Å². The van der Waals surface area contributed by atoms with Crippen LogP contribution < -0.4 is 10.1 Å². The summed E-state index contributed by atoms with van der Waals surface area (Å²) in [6.07, 6.45) is 6.48. The average molecular weight is 501 g/mol. The second kappa shape index (κ2) is 11.3. The molecule has 2 aromatic carbocycles. The predicted molar refractivity (Wildman–Crippen MR) is 146 cm³/mol. The standard InChI is InChI=1S/C30H36N4O3/c1-21(2)37-30(35)32-23-11-9-22(10-12-23)29-27(20-31)26-14-13-25(36-18-17-33-15-5-6-16-33)19-28(26)34(29)24-7-3-4-8-24/h9-14,19,21,24H,3-8,15-18H2,1-2H3,(H,32,35). The number of nitriles is 1. The summed E-state index contributed by atoms with van der Waals surface area (Å²) in [5.74, 6) is 0.850. The van der Waals surface area contributed by atoms with Gasteiger partial charge in [-0.1, -0.05) is 25.0 Å². The van der Waals surface area contributed by atoms with Crippen LogP contribution in [0.25, 0.3) is 22.2 Å². The van der Waals surface area contributed by atoms with Crippen LogP contribution in [0.3, 0.4) is 0 Å². The van der Waals surface area contributed by atoms with Crippen molar-refractivity contribution in [2.75, 3.05) is 31.6 Å². The number of nitrogens with zero attached hydrogens (tertiary/aromatic N) is 3. The first-order chi connectivity index (χ1) is 18.0. The van der Waals surface area contributed by atoms with Crippen molar-refractivity contribution in [3.05, 3.63) is 48.0 Å². The van der Waals surface area contributed by atoms with Crippen molar-refractivity contribution in [2.45, 2.75) is 64.5 Å². The first-order valence-electron chi connectivity index (χ1n) is 13.5. The van der Waals surface area contributed by atoms with Gasteiger partial charge in [0.2, 0.25) is 0 Å². The number of fused-ring (bicyclic) bond motifs is 1. The molecule has 7 nitrogen and oxygen atoms in total. The fourth-order valence-electron chi connectivity index (χ4n) is 5.69. The molecule has 1 aliphatic carbocycles. The summed E-state index contributed by atoms with van der Waals surface area (Å²) < 4.78 is 13.7. The molecule has 37 heavy (non-hydrogen) atoms. The van der Waals surface area contributed by atoms with E-state index >= 15 is 0 Å². The fourth-order valence-corrected chi connectivity index (χ4v) is 5.69. The molecule has 3 aromatic rings. The van der Waals surface area contributed by atoms with Crippen LogP contribution in [0, 0.1) is 11.3 Å². The van der Waals surface area contributed by atoms with Gasteiger partial charge >= 0.3 is 6.09 Å². The van der Waals surface area contributed by atoms with Gasteiger partial charge in [-0.15, -0.1) is 0 Å². The number of hydrogen-bond donors (Lipinski definition) is 1. The van der Waals surface area contributed by atoms with Crippen molar-refractivity contribution >= 4 is 22.7 Å². The number of nitrogens with one attached hydrogen (secondary N) is 1. The summed E-state index contributed by atoms with van der Waals surface area (Å²) in [4.78, 5) is 14.5. The Labute approximate surface area is 219 Å². The molecule has 0 spiro atoms. The molecule has 2 aliphatic rings. The van der Waals surface area contributed by atoms with Crippen molar-refractivity contribution in [1.82, 2.24) is 9.47 Å². The van der Waals surface area contributed by atoms with Crippen LogP contribution >= 0.6 is 0 Å². The van der Waals surface area contributed by atoms with Crippen LogP contribution in [-0.4, -0.2) is 47.9 Å². The van der Waals surface area contributed by atoms with Crippen molar-refractivity contribution < 1.29 is 14.3 Å². The summed E-state index contributed by atoms with van der Waals surface area (Å²) in [7, 11) is 0. The Morgan fingerprint density at radius 3 is 2.49 bits per heavy atom. The third-order valence-electron chi connectivity index (χ3n) is 7.40. The van der Waals surface area contributed by atoms with Crippen molar-refractivity contribution in [2.24, 2.45) is 0 Å². The van der Waals surface area contributed by atoms with E-state index in [2.05, 4.69) is 26.9 Å². The lowest BCUT2D eigenvalue weighted by Gasteiger charge is -2.19. The van der Waals surface area contributed by atoms with Gasteiger partial charge in [-0.3, -0.25) is 10.2 Å². The fraction of sp³-hybridized carbons (Fsp3) is 0.467. The zero-order chi connectivity index (χ0) is 25.8. The minimum Gasteiger partial charge on any atom is -0.492 e. The lowest BCUT2D eigenvalue weighted by Crippen LogP contribution is -2.25. The van der Waals surface area contributed by atoms with E-state index < -0.39 is 6.09 Å². The highest BCUT2D eigenvalue weighted by Crippen LogP contribution is 2.42. The van der Waals surface area contributed by atoms with Crippen molar-refractivity contribution in [3.63, 3.8) is 0 Å². The first-order valence-corrected chi connectivity index (χ1v) is 13.5. The van der Waals surface area contributed by atoms with E-state index in [1.165, 1.54) is 25.7 Å². The number of amides is 1. The molecule has 1 saturated carbocycles. The zero-order valence-electron chi connectivity index (χ0n) is 21.8. The molecular weight excluding hydrogens is 464 g/mol. The topological polar surface area (TPSA) is 79.5 Å². The van der Waals surface area contributed by atoms with Gasteiger partial charge in [0.05, 0.1) is 22.9 Å². The lowest BCUT2D eigenvalue weighted by molar-refractivity contribution is 0.130. The molecule has 1 aromatic heterocycles. The van der Waals surface area contributed by atoms with E-state index in [1.54, 1.807) is 0 Å². The largest absolute Gasteiger partial charge is 0.492 e. The molecule has 0 unspecified atom stereocenters. The van der Waals surface area contributed by atoms with Crippen molar-refractivity contribution in [3.8, 4) is 23.1 Å². The Morgan fingerprint density at radius 2 is 1.81 bits per heavy atom. The third-order valence-corrected chi connectivity index (χ3v) is 7.40. The minimum absolute atomic E-state index is 0.186. The molecule has 0 atom stereocenters. The SMILES string of the molecule is CC(C)OC(=O)Nc1ccc(-c2c(C#N)c3ccc(OCCN4CCCC4)cc3n2C2CCCC2)cc1. The average Bonchev–Trinajstić information content (AvgIpc) is 3.64. The number of likely N-dealkylation sites (tertiary alicyclic amines) is 1. The number of carbonyl (C=O) groups is 1. The zero-order valence-corrected chi connectivity index (χ0v) is 21.8. The Balaban J connectivity index is 1.47. The molecular formula is C30H36N4O3. The maximum absolute atomic E-state index is 12.0. The number of rotatable bonds is 8. The number of hydrogen-bond acceptors (Lipinski definition) is 5. The molecule has 1 aliphatic heterocycles. The monoisotopic (exact) mass is 500 g/mol. The first kappa shape index (κ1) is 25.2. The third kappa shape index (κ3) is 5.60. The van der Waals surface area contributed by atoms with Gasteiger partial charge in [0.15, 0.2) is 0 Å². The Bertz CT molecular complexity index is 1280. The molecule has 2 fully saturated rings. The summed E-state index contributed by atoms with van der Waals surface area (Å²) >= 11 is 0. The molecule has 1 saturated heterocycles. The summed E-state index contributed by atoms with van der Waals surface area (Å²) in [5, 5.41) is 14.0. The molecule has 0 bridgehead atoms. The van der Waals surface area contributed by atoms with Gasteiger partial charge in [0, 0.05) is 29.7 Å². The minimum atomic E-state index is -0.474. The van der Waals surface area contributed by atoms with Gasteiger partial charge in [-0.2, -0.15) is 5.26 Å². The van der Waals surface area contributed by atoms with E-state index in [1.807, 2.05) is 50.2 Å². The van der Waals surface area contributed by atoms with Crippen LogP contribution in [0.15, 0.2) is 42.5 Å². The van der Waals surface area contributed by atoms with Crippen LogP contribution in [0.1, 0.15) is 64.0 Å². The Hall–Kier alpha value is -3.50. The molecule has 7 heteroatoms. The van der Waals surface area contributed by atoms with Gasteiger partial charge in [-0.25, -0.2) is 4.79 Å². The summed E-state index contributed by atoms with van der Waals surface area (Å²) in [6, 6.07) is 16.6. The lowest BCUT2D eigenvalue weighted by atomic mass is 10.1. The Morgan fingerprint density at radius 1 is 1.08 bits per heavy atom. The number of anilines is 1. The molecule has 2 heterocycles. The summed E-state index contributed by atoms with van der Waals surface area (Å²) in [5.41, 5.74) is 4.30. The summed E-state index contributed by atoms with van der Waals surface area (Å²) in [6.45, 7) is 7.57. The number of carbonyl (C=O) groups excluding carboxylic acids is 1. The maximum atomic E-state index is 12.0. The maximum Gasteiger partial charge on any atom is 0.411 e. The van der Waals surface area contributed by atoms with Gasteiger partial charge in [-0.05, 0) is 82.4 Å². The molecule has 0 radical (unpaired) electrons. The predicted octanol–water partition coefficient (Wildman–Crippen LogP) is 6.73. The van der Waals surface area contributed by atoms with E-state index in [4.69, 9.17) is 9.47 Å². The normalized spacial score (nSPS) is 16.4. The molecule has 1 amide bonds. The molecule has 194 valence electrons. The number of aromatic nitrogens is 1. The molecule has 5 rings (SSSR count). The second-order valence-electron chi connectivity index (χ2n) is 10.4. The van der Waals surface area contributed by atoms with Crippen molar-refractivity contribution in [1.29, 1.82) is 5.26 Å². The number of benzene rings is 2. The highest BCUT2D eigenvalue weighted by molar-refractivity contribution is 5.96. The molecule has 1 N–H and O–H groups in total. The van der Waals surface area contributed by atoms with Gasteiger partial charge in [0.25, 0.3) is 0 Å². The van der Waals surface area contributed by atoms with Crippen LogP contribution in [-0.2, 0) is 4.74 Å². The van der Waals surface area contributed by atoms with Crippen LogP contribution in [0.5, 0.6) is 5.75 Å². The van der Waals surface area contributed by atoms with Crippen LogP contribution in [0.2, 0.25) is 0 Å². The second-order valence-corrected chi connectivity index (χ2v) is 10.4. The quantitative estimate of drug-likeness (QED) is 0.371. The highest BCUT2D eigenvalue weighted by atomic mass is 16.6. The Kier molecular flexibility index (Phi) is 7.66. The van der Waals surface area contributed by atoms with E-state index in [0.29, 0.717) is 23.9 Å². The van der Waals surface area contributed by atoms with E-state index in [9.17, 15) is 10.1 Å². The highest BCUT2D eigenvalue weighted by Gasteiger charge is 2.26. The van der Waals surface area contributed by atoms with Gasteiger partial charge < -0.3 is 14.0 Å². The van der Waals surface area contributed by atoms with Gasteiger partial charge in [0.1, 0.15) is 18.4 Å².